The summed E-state index contributed by atoms with van der Waals surface area (Å²) >= 11 is 0. The fourth-order valence-electron chi connectivity index (χ4n) is 1.70. The molecule has 0 aromatic rings. The van der Waals surface area contributed by atoms with E-state index in [1.54, 1.807) is 0 Å². The zero-order valence-electron chi connectivity index (χ0n) is 11.3. The molecule has 0 aromatic heterocycles. The van der Waals surface area contributed by atoms with E-state index in [0.717, 1.165) is 26.1 Å². The predicted octanol–water partition coefficient (Wildman–Crippen LogP) is 1.42. The lowest BCUT2D eigenvalue weighted by molar-refractivity contribution is 0.292. The van der Waals surface area contributed by atoms with E-state index in [4.69, 9.17) is 5.73 Å². The maximum Gasteiger partial charge on any atom is 0.188 e. The zero-order chi connectivity index (χ0) is 12.4. The van der Waals surface area contributed by atoms with Gasteiger partial charge in [-0.3, -0.25) is 4.99 Å². The van der Waals surface area contributed by atoms with Crippen molar-refractivity contribution >= 4 is 5.96 Å². The Hall–Kier alpha value is -0.770. The van der Waals surface area contributed by atoms with Gasteiger partial charge in [0.25, 0.3) is 0 Å². The Morgan fingerprint density at radius 3 is 2.44 bits per heavy atom. The van der Waals surface area contributed by atoms with E-state index < -0.39 is 0 Å². The number of guanidine groups is 1. The number of hydrogen-bond acceptors (Lipinski definition) is 2. The van der Waals surface area contributed by atoms with Crippen LogP contribution in [-0.2, 0) is 0 Å². The molecule has 1 atom stereocenters. The second-order valence-corrected chi connectivity index (χ2v) is 4.07. The van der Waals surface area contributed by atoms with Gasteiger partial charge in [0, 0.05) is 12.6 Å². The summed E-state index contributed by atoms with van der Waals surface area (Å²) in [6.45, 7) is 12.7. The van der Waals surface area contributed by atoms with Crippen LogP contribution in [0.15, 0.2) is 4.99 Å². The van der Waals surface area contributed by atoms with E-state index in [1.807, 2.05) is 6.92 Å². The summed E-state index contributed by atoms with van der Waals surface area (Å²) in [4.78, 5) is 6.55. The monoisotopic (exact) mass is 228 g/mol. The maximum absolute atomic E-state index is 5.70. The van der Waals surface area contributed by atoms with Gasteiger partial charge < -0.3 is 16.0 Å². The number of rotatable bonds is 8. The molecule has 0 rings (SSSR count). The number of nitrogens with two attached hydrogens (primary N) is 1. The van der Waals surface area contributed by atoms with E-state index in [9.17, 15) is 0 Å². The first kappa shape index (κ1) is 15.2. The SMILES string of the molecule is CCN=C(N)NC(C)CCCN(CC)CC. The Kier molecular flexibility index (Phi) is 9.00. The average Bonchev–Trinajstić information content (AvgIpc) is 2.24. The minimum atomic E-state index is 0.408. The molecule has 0 bridgehead atoms. The standard InChI is InChI=1S/C12H28N4/c1-5-14-12(13)15-11(4)9-8-10-16(6-2)7-3/h11H,5-10H2,1-4H3,(H3,13,14,15). The highest BCUT2D eigenvalue weighted by atomic mass is 15.1. The van der Waals surface area contributed by atoms with Gasteiger partial charge in [-0.2, -0.15) is 0 Å². The molecule has 0 saturated heterocycles. The molecule has 1 unspecified atom stereocenters. The lowest BCUT2D eigenvalue weighted by Crippen LogP contribution is -2.39. The van der Waals surface area contributed by atoms with Gasteiger partial charge >= 0.3 is 0 Å². The van der Waals surface area contributed by atoms with Gasteiger partial charge in [0.05, 0.1) is 0 Å². The van der Waals surface area contributed by atoms with E-state index in [-0.39, 0.29) is 0 Å². The third-order valence-electron chi connectivity index (χ3n) is 2.73. The first-order chi connectivity index (χ1) is 7.63. The molecule has 0 radical (unpaired) electrons. The highest BCUT2D eigenvalue weighted by Gasteiger charge is 2.04. The van der Waals surface area contributed by atoms with Gasteiger partial charge in [0.2, 0.25) is 0 Å². The Morgan fingerprint density at radius 1 is 1.31 bits per heavy atom. The summed E-state index contributed by atoms with van der Waals surface area (Å²) in [7, 11) is 0. The van der Waals surface area contributed by atoms with Crippen molar-refractivity contribution < 1.29 is 0 Å². The van der Waals surface area contributed by atoms with Crippen molar-refractivity contribution in [1.82, 2.24) is 10.2 Å². The second kappa shape index (κ2) is 9.46. The molecule has 16 heavy (non-hydrogen) atoms. The average molecular weight is 228 g/mol. The second-order valence-electron chi connectivity index (χ2n) is 4.07. The Balaban J connectivity index is 3.65. The van der Waals surface area contributed by atoms with Gasteiger partial charge in [-0.1, -0.05) is 13.8 Å². The number of aliphatic imine (C=N–C) groups is 1. The first-order valence-electron chi connectivity index (χ1n) is 6.42. The molecule has 0 aromatic carbocycles. The van der Waals surface area contributed by atoms with Crippen LogP contribution in [-0.4, -0.2) is 43.1 Å². The van der Waals surface area contributed by atoms with Gasteiger partial charge in [-0.15, -0.1) is 0 Å². The summed E-state index contributed by atoms with van der Waals surface area (Å²) in [6, 6.07) is 0.408. The molecule has 4 nitrogen and oxygen atoms in total. The topological polar surface area (TPSA) is 53.6 Å². The fraction of sp³-hybridized carbons (Fsp3) is 0.917. The molecule has 96 valence electrons. The van der Waals surface area contributed by atoms with E-state index in [1.165, 1.54) is 13.0 Å². The van der Waals surface area contributed by atoms with Crippen LogP contribution in [0.25, 0.3) is 0 Å². The number of hydrogen-bond donors (Lipinski definition) is 2. The maximum atomic E-state index is 5.70. The van der Waals surface area contributed by atoms with Crippen LogP contribution in [0.1, 0.15) is 40.5 Å². The van der Waals surface area contributed by atoms with Crippen molar-refractivity contribution in [3.05, 3.63) is 0 Å². The molecule has 3 N–H and O–H groups in total. The van der Waals surface area contributed by atoms with E-state index in [0.29, 0.717) is 12.0 Å². The van der Waals surface area contributed by atoms with Gasteiger partial charge in [-0.25, -0.2) is 0 Å². The molecule has 0 aliphatic rings. The fourth-order valence-corrected chi connectivity index (χ4v) is 1.70. The predicted molar refractivity (Wildman–Crippen MR) is 71.8 cm³/mol. The quantitative estimate of drug-likeness (QED) is 0.488. The normalized spacial score (nSPS) is 14.2. The van der Waals surface area contributed by atoms with Crippen LogP contribution in [0.5, 0.6) is 0 Å². The van der Waals surface area contributed by atoms with Crippen LogP contribution in [0.4, 0.5) is 0 Å². The van der Waals surface area contributed by atoms with Crippen LogP contribution < -0.4 is 11.1 Å². The van der Waals surface area contributed by atoms with Crippen molar-refractivity contribution in [2.75, 3.05) is 26.2 Å². The molecule has 0 spiro atoms. The Labute approximate surface area is 100 Å². The van der Waals surface area contributed by atoms with Crippen LogP contribution in [0, 0.1) is 0 Å². The largest absolute Gasteiger partial charge is 0.370 e. The molecule has 0 fully saturated rings. The third kappa shape index (κ3) is 7.51. The first-order valence-corrected chi connectivity index (χ1v) is 6.42. The molecule has 0 saturated carbocycles. The van der Waals surface area contributed by atoms with Crippen LogP contribution in [0.3, 0.4) is 0 Å². The Morgan fingerprint density at radius 2 is 1.94 bits per heavy atom. The molecule has 0 aliphatic carbocycles. The lowest BCUT2D eigenvalue weighted by atomic mass is 10.2. The highest BCUT2D eigenvalue weighted by molar-refractivity contribution is 5.78. The van der Waals surface area contributed by atoms with Crippen molar-refractivity contribution in [3.63, 3.8) is 0 Å². The van der Waals surface area contributed by atoms with Gasteiger partial charge in [-0.05, 0) is 46.3 Å². The van der Waals surface area contributed by atoms with Crippen molar-refractivity contribution in [2.24, 2.45) is 10.7 Å². The minimum absolute atomic E-state index is 0.408. The van der Waals surface area contributed by atoms with E-state index >= 15 is 0 Å². The minimum Gasteiger partial charge on any atom is -0.370 e. The lowest BCUT2D eigenvalue weighted by Gasteiger charge is -2.19. The van der Waals surface area contributed by atoms with Crippen LogP contribution in [0.2, 0.25) is 0 Å². The van der Waals surface area contributed by atoms with Crippen molar-refractivity contribution in [2.45, 2.75) is 46.6 Å². The molecule has 0 amide bonds. The molecule has 0 aliphatic heterocycles. The van der Waals surface area contributed by atoms with Crippen LogP contribution >= 0.6 is 0 Å². The third-order valence-corrected chi connectivity index (χ3v) is 2.73. The molecular weight excluding hydrogens is 200 g/mol. The van der Waals surface area contributed by atoms with Gasteiger partial charge in [0.1, 0.15) is 0 Å². The molecule has 4 heteroatoms. The summed E-state index contributed by atoms with van der Waals surface area (Å²) in [6.07, 6.45) is 2.34. The number of nitrogens with zero attached hydrogens (tertiary/aromatic N) is 2. The Bertz CT molecular complexity index is 187. The smallest absolute Gasteiger partial charge is 0.188 e. The summed E-state index contributed by atoms with van der Waals surface area (Å²) in [5, 5.41) is 3.20. The summed E-state index contributed by atoms with van der Waals surface area (Å²) in [5.74, 6) is 0.567. The summed E-state index contributed by atoms with van der Waals surface area (Å²) in [5.41, 5.74) is 5.70. The van der Waals surface area contributed by atoms with E-state index in [2.05, 4.69) is 36.0 Å². The summed E-state index contributed by atoms with van der Waals surface area (Å²) < 4.78 is 0. The zero-order valence-corrected chi connectivity index (χ0v) is 11.3. The van der Waals surface area contributed by atoms with Crippen molar-refractivity contribution in [1.29, 1.82) is 0 Å². The molecule has 0 heterocycles. The van der Waals surface area contributed by atoms with Crippen molar-refractivity contribution in [3.8, 4) is 0 Å². The number of nitrogens with one attached hydrogen (secondary N) is 1. The highest BCUT2D eigenvalue weighted by Crippen LogP contribution is 1.99. The molecular formula is C12H28N4. The van der Waals surface area contributed by atoms with Gasteiger partial charge in [0.15, 0.2) is 5.96 Å².